The highest BCUT2D eigenvalue weighted by atomic mass is 79.9. The lowest BCUT2D eigenvalue weighted by Crippen LogP contribution is -2.42. The summed E-state index contributed by atoms with van der Waals surface area (Å²) in [5.41, 5.74) is 0.0392. The second-order valence-electron chi connectivity index (χ2n) is 7.30. The molecular weight excluding hydrogens is 457 g/mol. The summed E-state index contributed by atoms with van der Waals surface area (Å²) < 4.78 is 42.6. The van der Waals surface area contributed by atoms with Crippen LogP contribution in [0, 0.1) is 0 Å². The number of carbonyl (C=O) groups excluding carboxylic acids is 1. The highest BCUT2D eigenvalue weighted by Crippen LogP contribution is 2.47. The normalized spacial score (nSPS) is 25.3. The van der Waals surface area contributed by atoms with Gasteiger partial charge in [-0.2, -0.15) is 18.3 Å². The molecule has 2 aromatic heterocycles. The summed E-state index contributed by atoms with van der Waals surface area (Å²) >= 11 is 4.76. The van der Waals surface area contributed by atoms with Gasteiger partial charge in [0.2, 0.25) is 0 Å². The Labute approximate surface area is 173 Å². The summed E-state index contributed by atoms with van der Waals surface area (Å²) in [7, 11) is 0. The van der Waals surface area contributed by atoms with Crippen molar-refractivity contribution in [3.05, 3.63) is 32.6 Å². The Kier molecular flexibility index (Phi) is 5.20. The molecular formula is C18H20BrF3N4OS. The number of hydrogen-bond acceptors (Lipinski definition) is 4. The molecule has 1 saturated heterocycles. The first-order chi connectivity index (χ1) is 13.3. The standard InChI is InChI=1S/C18H20BrF3N4OS/c1-10-5-2-3-7-25(10)17(27)15-14(19)16-23-11(12-6-4-8-28-12)9-13(18(20,21)22)26(16)24-15/h4,6,8,10-11,13,23H,2-3,5,7,9H2,1H3/t10-,11+,13-/m0/s1. The summed E-state index contributed by atoms with van der Waals surface area (Å²) in [6.07, 6.45) is -1.80. The first kappa shape index (κ1) is 19.8. The number of hydrogen-bond donors (Lipinski definition) is 1. The van der Waals surface area contributed by atoms with Crippen molar-refractivity contribution in [1.82, 2.24) is 14.7 Å². The van der Waals surface area contributed by atoms with Gasteiger partial charge in [-0.25, -0.2) is 4.68 Å². The number of carbonyl (C=O) groups is 1. The fraction of sp³-hybridized carbons (Fsp3) is 0.556. The average Bonchev–Trinajstić information content (AvgIpc) is 3.29. The molecule has 3 atom stereocenters. The fourth-order valence-corrected chi connectivity index (χ4v) is 5.27. The number of nitrogens with one attached hydrogen (secondary N) is 1. The Morgan fingerprint density at radius 3 is 2.82 bits per heavy atom. The van der Waals surface area contributed by atoms with Gasteiger partial charge in [0.05, 0.1) is 10.5 Å². The van der Waals surface area contributed by atoms with Gasteiger partial charge >= 0.3 is 6.18 Å². The number of rotatable bonds is 2. The third-order valence-corrected chi connectivity index (χ3v) is 7.19. The number of nitrogens with zero attached hydrogens (tertiary/aromatic N) is 3. The molecule has 4 rings (SSSR count). The number of halogens is 4. The topological polar surface area (TPSA) is 50.2 Å². The third-order valence-electron chi connectivity index (χ3n) is 5.45. The molecule has 0 bridgehead atoms. The average molecular weight is 477 g/mol. The fourth-order valence-electron chi connectivity index (χ4n) is 3.94. The van der Waals surface area contributed by atoms with Crippen LogP contribution in [0.5, 0.6) is 0 Å². The Bertz CT molecular complexity index is 867. The van der Waals surface area contributed by atoms with Gasteiger partial charge in [-0.05, 0) is 53.6 Å². The molecule has 2 aromatic rings. The lowest BCUT2D eigenvalue weighted by molar-refractivity contribution is -0.173. The van der Waals surface area contributed by atoms with Crippen LogP contribution in [-0.4, -0.2) is 39.4 Å². The molecule has 152 valence electrons. The van der Waals surface area contributed by atoms with Crippen LogP contribution in [0.1, 0.15) is 60.1 Å². The van der Waals surface area contributed by atoms with E-state index in [0.717, 1.165) is 28.8 Å². The van der Waals surface area contributed by atoms with E-state index < -0.39 is 18.3 Å². The van der Waals surface area contributed by atoms with E-state index in [1.165, 1.54) is 11.3 Å². The van der Waals surface area contributed by atoms with E-state index in [1.54, 1.807) is 4.90 Å². The van der Waals surface area contributed by atoms with Crippen molar-refractivity contribution in [3.63, 3.8) is 0 Å². The summed E-state index contributed by atoms with van der Waals surface area (Å²) in [4.78, 5) is 15.6. The maximum Gasteiger partial charge on any atom is 0.410 e. The third kappa shape index (κ3) is 3.45. The molecule has 5 nitrogen and oxygen atoms in total. The highest BCUT2D eigenvalue weighted by molar-refractivity contribution is 9.10. The number of anilines is 1. The number of aromatic nitrogens is 2. The van der Waals surface area contributed by atoms with Gasteiger partial charge in [-0.15, -0.1) is 11.3 Å². The van der Waals surface area contributed by atoms with Crippen LogP contribution in [0.4, 0.5) is 19.0 Å². The van der Waals surface area contributed by atoms with Crippen LogP contribution >= 0.6 is 27.3 Å². The SMILES string of the molecule is C[C@H]1CCCCN1C(=O)c1nn2c(c1Br)N[C@@H](c1cccs1)C[C@H]2C(F)(F)F. The van der Waals surface area contributed by atoms with Gasteiger partial charge in [-0.3, -0.25) is 4.79 Å². The van der Waals surface area contributed by atoms with E-state index in [1.807, 2.05) is 24.4 Å². The number of piperidine rings is 1. The number of thiophene rings is 1. The second-order valence-corrected chi connectivity index (χ2v) is 9.08. The minimum atomic E-state index is -4.46. The maximum absolute atomic E-state index is 13.8. The number of amides is 1. The largest absolute Gasteiger partial charge is 0.410 e. The molecule has 2 aliphatic heterocycles. The van der Waals surface area contributed by atoms with E-state index >= 15 is 0 Å². The molecule has 0 unspecified atom stereocenters. The number of fused-ring (bicyclic) bond motifs is 1. The van der Waals surface area contributed by atoms with E-state index in [-0.39, 0.29) is 29.9 Å². The summed E-state index contributed by atoms with van der Waals surface area (Å²) in [6.45, 7) is 2.56. The van der Waals surface area contributed by atoms with Gasteiger partial charge < -0.3 is 10.2 Å². The first-order valence-electron chi connectivity index (χ1n) is 9.23. The van der Waals surface area contributed by atoms with Crippen LogP contribution < -0.4 is 5.32 Å². The number of likely N-dealkylation sites (tertiary alicyclic amines) is 1. The smallest absolute Gasteiger partial charge is 0.362 e. The molecule has 1 N–H and O–H groups in total. The molecule has 28 heavy (non-hydrogen) atoms. The molecule has 0 saturated carbocycles. The van der Waals surface area contributed by atoms with Gasteiger partial charge in [-0.1, -0.05) is 6.07 Å². The lowest BCUT2D eigenvalue weighted by atomic mass is 10.0. The Hall–Kier alpha value is -1.55. The molecule has 10 heteroatoms. The van der Waals surface area contributed by atoms with Crippen LogP contribution in [0.2, 0.25) is 0 Å². The van der Waals surface area contributed by atoms with E-state index in [9.17, 15) is 18.0 Å². The first-order valence-corrected chi connectivity index (χ1v) is 10.9. The summed E-state index contributed by atoms with van der Waals surface area (Å²) in [6, 6.07) is 1.42. The van der Waals surface area contributed by atoms with Crippen LogP contribution in [0.3, 0.4) is 0 Å². The molecule has 4 heterocycles. The monoisotopic (exact) mass is 476 g/mol. The van der Waals surface area contributed by atoms with E-state index in [2.05, 4.69) is 26.3 Å². The quantitative estimate of drug-likeness (QED) is 0.632. The summed E-state index contributed by atoms with van der Waals surface area (Å²) in [5.74, 6) is -0.114. The minimum Gasteiger partial charge on any atom is -0.362 e. The Morgan fingerprint density at radius 1 is 1.39 bits per heavy atom. The highest BCUT2D eigenvalue weighted by Gasteiger charge is 2.48. The predicted octanol–water partition coefficient (Wildman–Crippen LogP) is 5.38. The molecule has 0 spiro atoms. The maximum atomic E-state index is 13.8. The zero-order valence-electron chi connectivity index (χ0n) is 15.2. The molecule has 0 aromatic carbocycles. The predicted molar refractivity (Wildman–Crippen MR) is 105 cm³/mol. The zero-order valence-corrected chi connectivity index (χ0v) is 17.6. The Balaban J connectivity index is 1.73. The molecule has 0 radical (unpaired) electrons. The molecule has 2 aliphatic rings. The molecule has 1 fully saturated rings. The van der Waals surface area contributed by atoms with Crippen molar-refractivity contribution in [1.29, 1.82) is 0 Å². The lowest BCUT2D eigenvalue weighted by Gasteiger charge is -2.33. The van der Waals surface area contributed by atoms with Crippen LogP contribution in [0.15, 0.2) is 22.0 Å². The molecule has 1 amide bonds. The number of alkyl halides is 3. The van der Waals surface area contributed by atoms with E-state index in [4.69, 9.17) is 0 Å². The van der Waals surface area contributed by atoms with Crippen molar-refractivity contribution in [3.8, 4) is 0 Å². The van der Waals surface area contributed by atoms with Crippen molar-refractivity contribution in [2.45, 2.75) is 56.9 Å². The minimum absolute atomic E-state index is 0.0392. The van der Waals surface area contributed by atoms with Gasteiger partial charge in [0.25, 0.3) is 5.91 Å². The zero-order chi connectivity index (χ0) is 20.1. The van der Waals surface area contributed by atoms with Crippen LogP contribution in [-0.2, 0) is 0 Å². The van der Waals surface area contributed by atoms with E-state index in [0.29, 0.717) is 11.0 Å². The second kappa shape index (κ2) is 7.37. The summed E-state index contributed by atoms with van der Waals surface area (Å²) in [5, 5.41) is 9.12. The van der Waals surface area contributed by atoms with Crippen molar-refractivity contribution in [2.24, 2.45) is 0 Å². The van der Waals surface area contributed by atoms with Crippen molar-refractivity contribution < 1.29 is 18.0 Å². The van der Waals surface area contributed by atoms with Crippen LogP contribution in [0.25, 0.3) is 0 Å². The van der Waals surface area contributed by atoms with Crippen molar-refractivity contribution in [2.75, 3.05) is 11.9 Å². The molecule has 0 aliphatic carbocycles. The van der Waals surface area contributed by atoms with Gasteiger partial charge in [0, 0.05) is 23.9 Å². The van der Waals surface area contributed by atoms with Gasteiger partial charge in [0.15, 0.2) is 11.7 Å². The Morgan fingerprint density at radius 2 is 2.18 bits per heavy atom. The van der Waals surface area contributed by atoms with Gasteiger partial charge in [0.1, 0.15) is 5.82 Å². The van der Waals surface area contributed by atoms with Crippen molar-refractivity contribution >= 4 is 39.0 Å².